The van der Waals surface area contributed by atoms with E-state index < -0.39 is 0 Å². The Kier molecular flexibility index (Phi) is 7.01. The van der Waals surface area contributed by atoms with Crippen molar-refractivity contribution >= 4 is 11.5 Å². The normalized spacial score (nSPS) is 15.0. The predicted octanol–water partition coefficient (Wildman–Crippen LogP) is 1.67. The van der Waals surface area contributed by atoms with Crippen LogP contribution in [0, 0.1) is 0 Å². The number of rotatable bonds is 9. The van der Waals surface area contributed by atoms with E-state index in [0.717, 1.165) is 74.9 Å². The van der Waals surface area contributed by atoms with Crippen LogP contribution < -0.4 is 14.4 Å². The molecule has 4 rings (SSSR count). The van der Waals surface area contributed by atoms with Crippen LogP contribution in [-0.2, 0) is 0 Å². The fraction of sp³-hybridized carbons (Fsp3) is 0.545. The number of nitrogens with zero attached hydrogens (tertiary/aromatic N) is 8. The average molecular weight is 441 g/mol. The molecule has 1 aliphatic heterocycles. The van der Waals surface area contributed by atoms with E-state index in [2.05, 4.69) is 48.6 Å². The van der Waals surface area contributed by atoms with Crippen LogP contribution in [0.15, 0.2) is 24.7 Å². The fourth-order valence-corrected chi connectivity index (χ4v) is 4.12. The van der Waals surface area contributed by atoms with Gasteiger partial charge in [0.15, 0.2) is 5.65 Å². The number of hydrogen-bond donors (Lipinski definition) is 0. The van der Waals surface area contributed by atoms with Crippen LogP contribution in [0.5, 0.6) is 11.9 Å². The van der Waals surface area contributed by atoms with Gasteiger partial charge in [-0.2, -0.15) is 14.6 Å². The second kappa shape index (κ2) is 10.1. The Morgan fingerprint density at radius 3 is 2.44 bits per heavy atom. The number of likely N-dealkylation sites (N-methyl/N-ethyl adjacent to an activating group) is 1. The van der Waals surface area contributed by atoms with Crippen molar-refractivity contribution < 1.29 is 9.47 Å². The van der Waals surface area contributed by atoms with E-state index in [1.165, 1.54) is 7.11 Å². The van der Waals surface area contributed by atoms with Crippen LogP contribution >= 0.6 is 0 Å². The van der Waals surface area contributed by atoms with E-state index in [1.54, 1.807) is 19.5 Å². The lowest BCUT2D eigenvalue weighted by atomic mass is 10.2. The van der Waals surface area contributed by atoms with Crippen molar-refractivity contribution in [2.75, 3.05) is 71.5 Å². The maximum absolute atomic E-state index is 5.46. The van der Waals surface area contributed by atoms with E-state index in [-0.39, 0.29) is 6.01 Å². The third-order valence-electron chi connectivity index (χ3n) is 6.10. The highest BCUT2D eigenvalue weighted by atomic mass is 16.5. The standard InChI is InChI=1S/C22H32N8O2/c1-5-27(6-2)9-10-28-11-13-29(14-12-28)19-7-8-23-20-17(16-25-30(19)20)18-15-24-22(32-4)26-21(18)31-3/h7-8,15-16H,5-6,9-14H2,1-4H3. The Hall–Kier alpha value is -2.98. The van der Waals surface area contributed by atoms with Gasteiger partial charge in [0.05, 0.1) is 31.5 Å². The van der Waals surface area contributed by atoms with Crippen molar-refractivity contribution in [1.29, 1.82) is 0 Å². The van der Waals surface area contributed by atoms with Crippen LogP contribution in [0.4, 0.5) is 5.82 Å². The summed E-state index contributed by atoms with van der Waals surface area (Å²) in [6.07, 6.45) is 5.31. The maximum Gasteiger partial charge on any atom is 0.319 e. The SMILES string of the molecule is CCN(CC)CCN1CCN(c2ccnc3c(-c4cnc(OC)nc4OC)cnn23)CC1. The van der Waals surface area contributed by atoms with Gasteiger partial charge in [0.25, 0.3) is 0 Å². The Morgan fingerprint density at radius 1 is 0.969 bits per heavy atom. The molecule has 0 N–H and O–H groups in total. The number of hydrogen-bond acceptors (Lipinski definition) is 9. The molecule has 172 valence electrons. The summed E-state index contributed by atoms with van der Waals surface area (Å²) >= 11 is 0. The molecule has 1 saturated heterocycles. The number of methoxy groups -OCH3 is 2. The molecule has 10 heteroatoms. The third kappa shape index (κ3) is 4.46. The molecular weight excluding hydrogens is 408 g/mol. The van der Waals surface area contributed by atoms with Crippen LogP contribution in [0.2, 0.25) is 0 Å². The molecule has 0 radical (unpaired) electrons. The minimum absolute atomic E-state index is 0.259. The minimum atomic E-state index is 0.259. The first-order valence-electron chi connectivity index (χ1n) is 11.2. The lowest BCUT2D eigenvalue weighted by Crippen LogP contribution is -2.49. The average Bonchev–Trinajstić information content (AvgIpc) is 3.28. The molecule has 0 saturated carbocycles. The van der Waals surface area contributed by atoms with Gasteiger partial charge < -0.3 is 19.3 Å². The number of aromatic nitrogens is 5. The van der Waals surface area contributed by atoms with Gasteiger partial charge in [-0.15, -0.1) is 0 Å². The molecule has 0 aromatic carbocycles. The summed E-state index contributed by atoms with van der Waals surface area (Å²) in [5.41, 5.74) is 2.30. The second-order valence-electron chi connectivity index (χ2n) is 7.73. The van der Waals surface area contributed by atoms with Crippen LogP contribution in [0.1, 0.15) is 13.8 Å². The molecule has 0 bridgehead atoms. The number of ether oxygens (including phenoxy) is 2. The summed E-state index contributed by atoms with van der Waals surface area (Å²) in [6, 6.07) is 2.28. The van der Waals surface area contributed by atoms with E-state index in [4.69, 9.17) is 9.47 Å². The molecule has 0 aliphatic carbocycles. The van der Waals surface area contributed by atoms with E-state index in [1.807, 2.05) is 16.8 Å². The zero-order chi connectivity index (χ0) is 22.5. The summed E-state index contributed by atoms with van der Waals surface area (Å²) in [5, 5.41) is 4.64. The van der Waals surface area contributed by atoms with Gasteiger partial charge in [0, 0.05) is 51.7 Å². The van der Waals surface area contributed by atoms with Crippen molar-refractivity contribution in [1.82, 2.24) is 34.4 Å². The molecule has 4 heterocycles. The van der Waals surface area contributed by atoms with Gasteiger partial charge in [-0.25, -0.2) is 9.97 Å². The largest absolute Gasteiger partial charge is 0.480 e. The Balaban J connectivity index is 1.52. The summed E-state index contributed by atoms with van der Waals surface area (Å²) in [6.45, 7) is 12.9. The van der Waals surface area contributed by atoms with Gasteiger partial charge in [0.2, 0.25) is 5.88 Å². The molecule has 1 fully saturated rings. The summed E-state index contributed by atoms with van der Waals surface area (Å²) < 4.78 is 12.5. The van der Waals surface area contributed by atoms with Crippen molar-refractivity contribution in [3.05, 3.63) is 24.7 Å². The summed E-state index contributed by atoms with van der Waals surface area (Å²) in [4.78, 5) is 20.5. The van der Waals surface area contributed by atoms with E-state index >= 15 is 0 Å². The monoisotopic (exact) mass is 440 g/mol. The molecule has 1 aliphatic rings. The van der Waals surface area contributed by atoms with Crippen molar-refractivity contribution in [3.63, 3.8) is 0 Å². The van der Waals surface area contributed by atoms with Crippen molar-refractivity contribution in [2.45, 2.75) is 13.8 Å². The third-order valence-corrected chi connectivity index (χ3v) is 6.10. The van der Waals surface area contributed by atoms with E-state index in [9.17, 15) is 0 Å². The molecule has 10 nitrogen and oxygen atoms in total. The minimum Gasteiger partial charge on any atom is -0.480 e. The lowest BCUT2D eigenvalue weighted by Gasteiger charge is -2.36. The molecule has 0 spiro atoms. The Bertz CT molecular complexity index is 1030. The quantitative estimate of drug-likeness (QED) is 0.493. The second-order valence-corrected chi connectivity index (χ2v) is 7.73. The molecule has 0 unspecified atom stereocenters. The van der Waals surface area contributed by atoms with Crippen molar-refractivity contribution in [2.24, 2.45) is 0 Å². The van der Waals surface area contributed by atoms with Crippen molar-refractivity contribution in [3.8, 4) is 23.0 Å². The molecule has 3 aromatic heterocycles. The zero-order valence-corrected chi connectivity index (χ0v) is 19.4. The number of piperazine rings is 1. The lowest BCUT2D eigenvalue weighted by molar-refractivity contribution is 0.205. The fourth-order valence-electron chi connectivity index (χ4n) is 4.12. The molecule has 3 aromatic rings. The first kappa shape index (κ1) is 22.2. The smallest absolute Gasteiger partial charge is 0.319 e. The first-order chi connectivity index (χ1) is 15.7. The summed E-state index contributed by atoms with van der Waals surface area (Å²) in [5.74, 6) is 1.47. The molecular formula is C22H32N8O2. The van der Waals surface area contributed by atoms with Gasteiger partial charge >= 0.3 is 6.01 Å². The first-order valence-corrected chi connectivity index (χ1v) is 11.2. The molecule has 0 atom stereocenters. The van der Waals surface area contributed by atoms with Gasteiger partial charge in [0.1, 0.15) is 5.82 Å². The van der Waals surface area contributed by atoms with Gasteiger partial charge in [-0.05, 0) is 19.2 Å². The highest BCUT2D eigenvalue weighted by molar-refractivity contribution is 5.80. The Morgan fingerprint density at radius 2 is 1.75 bits per heavy atom. The number of anilines is 1. The van der Waals surface area contributed by atoms with E-state index in [0.29, 0.717) is 5.88 Å². The van der Waals surface area contributed by atoms with Gasteiger partial charge in [-0.1, -0.05) is 13.8 Å². The molecule has 32 heavy (non-hydrogen) atoms. The summed E-state index contributed by atoms with van der Waals surface area (Å²) in [7, 11) is 3.11. The Labute approximate surface area is 188 Å². The highest BCUT2D eigenvalue weighted by Crippen LogP contribution is 2.32. The maximum atomic E-state index is 5.46. The zero-order valence-electron chi connectivity index (χ0n) is 19.4. The van der Waals surface area contributed by atoms with Crippen LogP contribution in [0.3, 0.4) is 0 Å². The predicted molar refractivity (Wildman–Crippen MR) is 124 cm³/mol. The highest BCUT2D eigenvalue weighted by Gasteiger charge is 2.22. The van der Waals surface area contributed by atoms with Crippen LogP contribution in [-0.4, -0.2) is 101 Å². The van der Waals surface area contributed by atoms with Gasteiger partial charge in [-0.3, -0.25) is 4.90 Å². The van der Waals surface area contributed by atoms with Crippen LogP contribution in [0.25, 0.3) is 16.8 Å². The molecule has 0 amide bonds. The number of fused-ring (bicyclic) bond motifs is 1. The topological polar surface area (TPSA) is 84.2 Å².